The van der Waals surface area contributed by atoms with E-state index in [4.69, 9.17) is 11.6 Å². The van der Waals surface area contributed by atoms with Gasteiger partial charge in [-0.25, -0.2) is 0 Å². The van der Waals surface area contributed by atoms with Crippen LogP contribution in [-0.4, -0.2) is 18.6 Å². The zero-order valence-corrected chi connectivity index (χ0v) is 10.9. The second-order valence-corrected chi connectivity index (χ2v) is 5.05. The molecule has 0 fully saturated rings. The van der Waals surface area contributed by atoms with Crippen LogP contribution in [0.2, 0.25) is 5.02 Å². The first-order valence-electron chi connectivity index (χ1n) is 5.28. The van der Waals surface area contributed by atoms with Crippen molar-refractivity contribution >= 4 is 23.4 Å². The summed E-state index contributed by atoms with van der Waals surface area (Å²) in [4.78, 5) is 0. The average Bonchev–Trinajstić information content (AvgIpc) is 2.26. The van der Waals surface area contributed by atoms with Gasteiger partial charge in [0, 0.05) is 16.8 Å². The number of thioether (sulfide) groups is 1. The van der Waals surface area contributed by atoms with Crippen LogP contribution in [0.25, 0.3) is 0 Å². The minimum Gasteiger partial charge on any atom is -0.312 e. The predicted molar refractivity (Wildman–Crippen MR) is 70.9 cm³/mol. The maximum atomic E-state index is 5.86. The maximum absolute atomic E-state index is 5.86. The van der Waals surface area contributed by atoms with Crippen molar-refractivity contribution in [3.63, 3.8) is 0 Å². The Hall–Kier alpha value is -0.180. The van der Waals surface area contributed by atoms with E-state index in [9.17, 15) is 0 Å². The number of hydrogen-bond donors (Lipinski definition) is 1. The van der Waals surface area contributed by atoms with Gasteiger partial charge in [0.05, 0.1) is 0 Å². The van der Waals surface area contributed by atoms with E-state index in [1.165, 1.54) is 17.7 Å². The summed E-state index contributed by atoms with van der Waals surface area (Å²) in [6, 6.07) is 8.52. The van der Waals surface area contributed by atoms with Gasteiger partial charge in [-0.3, -0.25) is 0 Å². The molecule has 0 radical (unpaired) electrons. The van der Waals surface area contributed by atoms with E-state index in [1.807, 2.05) is 30.9 Å². The van der Waals surface area contributed by atoms with Crippen molar-refractivity contribution < 1.29 is 0 Å². The van der Waals surface area contributed by atoms with E-state index in [0.717, 1.165) is 10.8 Å². The molecule has 0 saturated carbocycles. The van der Waals surface area contributed by atoms with Gasteiger partial charge in [-0.1, -0.05) is 30.7 Å². The van der Waals surface area contributed by atoms with Crippen LogP contribution < -0.4 is 5.32 Å². The molecule has 0 aromatic heterocycles. The van der Waals surface area contributed by atoms with Gasteiger partial charge in [0.2, 0.25) is 0 Å². The summed E-state index contributed by atoms with van der Waals surface area (Å²) in [5, 5.41) is 4.13. The van der Waals surface area contributed by atoms with Crippen molar-refractivity contribution in [1.29, 1.82) is 0 Å². The highest BCUT2D eigenvalue weighted by atomic mass is 35.5. The fourth-order valence-corrected chi connectivity index (χ4v) is 2.56. The largest absolute Gasteiger partial charge is 0.312 e. The monoisotopic (exact) mass is 243 g/mol. The van der Waals surface area contributed by atoms with Crippen LogP contribution in [0.3, 0.4) is 0 Å². The van der Waals surface area contributed by atoms with Gasteiger partial charge < -0.3 is 5.32 Å². The molecule has 0 bridgehead atoms. The Morgan fingerprint density at radius 3 is 2.53 bits per heavy atom. The van der Waals surface area contributed by atoms with Crippen LogP contribution >= 0.6 is 23.4 Å². The van der Waals surface area contributed by atoms with Crippen molar-refractivity contribution in [2.45, 2.75) is 19.4 Å². The molecule has 0 heterocycles. The lowest BCUT2D eigenvalue weighted by Gasteiger charge is -2.16. The molecule has 84 valence electrons. The summed E-state index contributed by atoms with van der Waals surface area (Å²) in [6.45, 7) is 2.21. The van der Waals surface area contributed by atoms with E-state index in [1.54, 1.807) is 0 Å². The molecule has 1 atom stereocenters. The fourth-order valence-electron chi connectivity index (χ4n) is 1.39. The number of rotatable bonds is 6. The SMILES string of the molecule is CCCSCC(NC)c1ccc(Cl)cc1. The Morgan fingerprint density at radius 2 is 2.00 bits per heavy atom. The lowest BCUT2D eigenvalue weighted by Crippen LogP contribution is -2.18. The molecular formula is C12H18ClNS. The van der Waals surface area contributed by atoms with Gasteiger partial charge in [0.15, 0.2) is 0 Å². The summed E-state index contributed by atoms with van der Waals surface area (Å²) in [7, 11) is 2.01. The van der Waals surface area contributed by atoms with Crippen molar-refractivity contribution in [2.24, 2.45) is 0 Å². The summed E-state index contributed by atoms with van der Waals surface area (Å²) in [5.74, 6) is 2.34. The van der Waals surface area contributed by atoms with E-state index in [0.29, 0.717) is 6.04 Å². The summed E-state index contributed by atoms with van der Waals surface area (Å²) >= 11 is 7.85. The Morgan fingerprint density at radius 1 is 1.33 bits per heavy atom. The molecule has 0 saturated heterocycles. The van der Waals surface area contributed by atoms with Gasteiger partial charge in [-0.15, -0.1) is 0 Å². The van der Waals surface area contributed by atoms with Gasteiger partial charge in [0.25, 0.3) is 0 Å². The zero-order valence-electron chi connectivity index (χ0n) is 9.29. The van der Waals surface area contributed by atoms with Crippen LogP contribution in [-0.2, 0) is 0 Å². The summed E-state index contributed by atoms with van der Waals surface area (Å²) in [5.41, 5.74) is 1.31. The van der Waals surface area contributed by atoms with Gasteiger partial charge in [-0.05, 0) is 36.9 Å². The van der Waals surface area contributed by atoms with Gasteiger partial charge in [0.1, 0.15) is 0 Å². The molecule has 0 amide bonds. The highest BCUT2D eigenvalue weighted by molar-refractivity contribution is 7.99. The van der Waals surface area contributed by atoms with Crippen LogP contribution in [0.1, 0.15) is 24.9 Å². The third kappa shape index (κ3) is 4.45. The molecule has 1 unspecified atom stereocenters. The molecule has 0 aliphatic rings. The number of hydrogen-bond acceptors (Lipinski definition) is 2. The van der Waals surface area contributed by atoms with Crippen molar-refractivity contribution in [2.75, 3.05) is 18.6 Å². The lowest BCUT2D eigenvalue weighted by molar-refractivity contribution is 0.662. The fraction of sp³-hybridized carbons (Fsp3) is 0.500. The van der Waals surface area contributed by atoms with E-state index < -0.39 is 0 Å². The summed E-state index contributed by atoms with van der Waals surface area (Å²) < 4.78 is 0. The minimum absolute atomic E-state index is 0.429. The number of nitrogens with one attached hydrogen (secondary N) is 1. The molecule has 1 aromatic rings. The van der Waals surface area contributed by atoms with Crippen molar-refractivity contribution in [3.05, 3.63) is 34.9 Å². The molecule has 3 heteroatoms. The standard InChI is InChI=1S/C12H18ClNS/c1-3-8-15-9-12(14-2)10-4-6-11(13)7-5-10/h4-7,12,14H,3,8-9H2,1-2H3. The van der Waals surface area contributed by atoms with Gasteiger partial charge >= 0.3 is 0 Å². The molecule has 1 N–H and O–H groups in total. The van der Waals surface area contributed by atoms with Crippen LogP contribution in [0.5, 0.6) is 0 Å². The molecule has 15 heavy (non-hydrogen) atoms. The highest BCUT2D eigenvalue weighted by Crippen LogP contribution is 2.20. The van der Waals surface area contributed by atoms with E-state index >= 15 is 0 Å². The summed E-state index contributed by atoms with van der Waals surface area (Å²) in [6.07, 6.45) is 1.24. The second-order valence-electron chi connectivity index (χ2n) is 3.47. The second kappa shape index (κ2) is 7.15. The Bertz CT molecular complexity index is 273. The van der Waals surface area contributed by atoms with Crippen molar-refractivity contribution in [3.8, 4) is 0 Å². The lowest BCUT2D eigenvalue weighted by atomic mass is 10.1. The first kappa shape index (κ1) is 12.9. The third-order valence-corrected chi connectivity index (χ3v) is 3.77. The van der Waals surface area contributed by atoms with E-state index in [-0.39, 0.29) is 0 Å². The molecule has 0 aliphatic carbocycles. The maximum Gasteiger partial charge on any atom is 0.0409 e. The molecule has 1 nitrogen and oxygen atoms in total. The minimum atomic E-state index is 0.429. The number of benzene rings is 1. The van der Waals surface area contributed by atoms with Gasteiger partial charge in [-0.2, -0.15) is 11.8 Å². The molecule has 1 rings (SSSR count). The van der Waals surface area contributed by atoms with Crippen molar-refractivity contribution in [1.82, 2.24) is 5.32 Å². The third-order valence-electron chi connectivity index (χ3n) is 2.25. The topological polar surface area (TPSA) is 12.0 Å². The zero-order chi connectivity index (χ0) is 11.1. The van der Waals surface area contributed by atoms with Crippen LogP contribution in [0.4, 0.5) is 0 Å². The van der Waals surface area contributed by atoms with Crippen LogP contribution in [0.15, 0.2) is 24.3 Å². The molecule has 0 aliphatic heterocycles. The molecular weight excluding hydrogens is 226 g/mol. The van der Waals surface area contributed by atoms with E-state index in [2.05, 4.69) is 24.4 Å². The predicted octanol–water partition coefficient (Wildman–Crippen LogP) is 3.74. The van der Waals surface area contributed by atoms with Crippen LogP contribution in [0, 0.1) is 0 Å². The number of halogens is 1. The Kier molecular flexibility index (Phi) is 6.15. The smallest absolute Gasteiger partial charge is 0.0409 e. The first-order chi connectivity index (χ1) is 7.27. The highest BCUT2D eigenvalue weighted by Gasteiger charge is 2.08. The Balaban J connectivity index is 2.53. The molecule has 0 spiro atoms. The normalized spacial score (nSPS) is 12.7. The quantitative estimate of drug-likeness (QED) is 0.764. The average molecular weight is 244 g/mol. The molecule has 1 aromatic carbocycles. The first-order valence-corrected chi connectivity index (χ1v) is 6.81. The Labute approximate surface area is 102 Å².